The SMILES string of the molecule is Oc1c(-c2nnc(Cc3ccc(F)cc3)[nH]2)nc(N2CCCCS2(O)O)c2cccnc12. The first-order valence-electron chi connectivity index (χ1n) is 10.1. The van der Waals surface area contributed by atoms with Crippen LogP contribution in [0.3, 0.4) is 0 Å². The van der Waals surface area contributed by atoms with E-state index in [1.165, 1.54) is 16.4 Å². The highest BCUT2D eigenvalue weighted by atomic mass is 32.3. The van der Waals surface area contributed by atoms with Crippen LogP contribution in [0.4, 0.5) is 10.2 Å². The van der Waals surface area contributed by atoms with Crippen LogP contribution in [0.5, 0.6) is 5.75 Å². The highest BCUT2D eigenvalue weighted by Crippen LogP contribution is 2.51. The smallest absolute Gasteiger partial charge is 0.184 e. The minimum absolute atomic E-state index is 0.116. The van der Waals surface area contributed by atoms with Crippen LogP contribution in [0.2, 0.25) is 0 Å². The molecule has 4 N–H and O–H groups in total. The molecule has 5 rings (SSSR count). The fourth-order valence-electron chi connectivity index (χ4n) is 3.79. The van der Waals surface area contributed by atoms with Crippen LogP contribution < -0.4 is 4.31 Å². The molecule has 1 aliphatic heterocycles. The number of hydrogen-bond acceptors (Lipinski definition) is 8. The van der Waals surface area contributed by atoms with E-state index in [-0.39, 0.29) is 34.4 Å². The maximum absolute atomic E-state index is 13.2. The van der Waals surface area contributed by atoms with Gasteiger partial charge in [-0.15, -0.1) is 21.0 Å². The van der Waals surface area contributed by atoms with E-state index in [9.17, 15) is 18.6 Å². The van der Waals surface area contributed by atoms with E-state index in [1.807, 2.05) is 0 Å². The van der Waals surface area contributed by atoms with Gasteiger partial charge in [-0.3, -0.25) is 18.4 Å². The van der Waals surface area contributed by atoms with E-state index in [1.54, 1.807) is 30.5 Å². The van der Waals surface area contributed by atoms with Crippen molar-refractivity contribution in [2.24, 2.45) is 0 Å². The van der Waals surface area contributed by atoms with Crippen LogP contribution >= 0.6 is 10.8 Å². The lowest BCUT2D eigenvalue weighted by Gasteiger charge is -2.47. The van der Waals surface area contributed by atoms with Gasteiger partial charge in [0.05, 0.1) is 5.75 Å². The topological polar surface area (TPSA) is 131 Å². The number of benzene rings is 1. The second-order valence-electron chi connectivity index (χ2n) is 7.60. The molecular formula is C21H21FN6O3S. The molecule has 11 heteroatoms. The summed E-state index contributed by atoms with van der Waals surface area (Å²) in [6.07, 6.45) is 3.44. The normalized spacial score (nSPS) is 16.9. The van der Waals surface area contributed by atoms with E-state index < -0.39 is 10.8 Å². The van der Waals surface area contributed by atoms with Crippen LogP contribution in [0, 0.1) is 5.82 Å². The van der Waals surface area contributed by atoms with E-state index in [0.717, 1.165) is 18.4 Å². The summed E-state index contributed by atoms with van der Waals surface area (Å²) in [7, 11) is -3.03. The summed E-state index contributed by atoms with van der Waals surface area (Å²) in [5.74, 6) is 0.830. The van der Waals surface area contributed by atoms with Gasteiger partial charge in [-0.05, 0) is 42.7 Å². The first-order chi connectivity index (χ1) is 15.4. The summed E-state index contributed by atoms with van der Waals surface area (Å²) < 4.78 is 35.9. The number of fused-ring (bicyclic) bond motifs is 1. The van der Waals surface area contributed by atoms with E-state index in [2.05, 4.69) is 25.1 Å². The average molecular weight is 457 g/mol. The average Bonchev–Trinajstić information content (AvgIpc) is 3.24. The first-order valence-corrected chi connectivity index (χ1v) is 11.8. The summed E-state index contributed by atoms with van der Waals surface area (Å²) in [6.45, 7) is 0.426. The molecule has 9 nitrogen and oxygen atoms in total. The number of hydrogen-bond donors (Lipinski definition) is 4. The molecule has 4 heterocycles. The molecule has 4 aromatic rings. The number of aromatic hydroxyl groups is 1. The Morgan fingerprint density at radius 2 is 1.91 bits per heavy atom. The van der Waals surface area contributed by atoms with Gasteiger partial charge in [0.2, 0.25) is 0 Å². The van der Waals surface area contributed by atoms with E-state index in [0.29, 0.717) is 30.0 Å². The molecular weight excluding hydrogens is 435 g/mol. The minimum Gasteiger partial charge on any atom is -0.504 e. The molecule has 0 radical (unpaired) electrons. The third-order valence-corrected chi connectivity index (χ3v) is 7.27. The number of H-pyrrole nitrogens is 1. The standard InChI is InChI=1S/C21H21FN6O3S/c22-14-7-5-13(6-8-14)12-16-24-20(27-26-16)18-19(29)17-15(4-3-9-23-17)21(25-18)28-10-1-2-11-32(28,30)31/h3-9,29-31H,1-2,10-12H2,(H,24,26,27). The second kappa shape index (κ2) is 8.01. The molecule has 0 unspecified atom stereocenters. The predicted molar refractivity (Wildman–Crippen MR) is 120 cm³/mol. The number of rotatable bonds is 4. The van der Waals surface area contributed by atoms with Crippen LogP contribution in [-0.2, 0) is 6.42 Å². The van der Waals surface area contributed by atoms with Gasteiger partial charge < -0.3 is 10.1 Å². The number of nitrogens with zero attached hydrogens (tertiary/aromatic N) is 5. The zero-order chi connectivity index (χ0) is 22.3. The van der Waals surface area contributed by atoms with Gasteiger partial charge in [-0.2, -0.15) is 0 Å². The van der Waals surface area contributed by atoms with Gasteiger partial charge in [0.25, 0.3) is 0 Å². The Bertz CT molecular complexity index is 1280. The molecule has 32 heavy (non-hydrogen) atoms. The molecule has 3 aromatic heterocycles. The van der Waals surface area contributed by atoms with Crippen LogP contribution in [0.1, 0.15) is 24.2 Å². The Morgan fingerprint density at radius 3 is 2.69 bits per heavy atom. The maximum atomic E-state index is 13.2. The zero-order valence-electron chi connectivity index (χ0n) is 16.9. The van der Waals surface area contributed by atoms with Crippen molar-refractivity contribution in [1.29, 1.82) is 0 Å². The Morgan fingerprint density at radius 1 is 1.09 bits per heavy atom. The summed E-state index contributed by atoms with van der Waals surface area (Å²) in [5, 5.41) is 19.7. The van der Waals surface area contributed by atoms with Crippen LogP contribution in [-0.4, -0.2) is 51.7 Å². The third-order valence-electron chi connectivity index (χ3n) is 5.38. The van der Waals surface area contributed by atoms with Crippen molar-refractivity contribution in [3.05, 3.63) is 59.8 Å². The van der Waals surface area contributed by atoms with Crippen LogP contribution in [0.15, 0.2) is 42.6 Å². The molecule has 0 atom stereocenters. The minimum atomic E-state index is -3.03. The second-order valence-corrected chi connectivity index (χ2v) is 9.71. The van der Waals surface area contributed by atoms with Gasteiger partial charge in [0.1, 0.15) is 17.2 Å². The molecule has 0 saturated carbocycles. The number of anilines is 1. The van der Waals surface area contributed by atoms with Gasteiger partial charge >= 0.3 is 0 Å². The summed E-state index contributed by atoms with van der Waals surface area (Å²) in [6, 6.07) is 9.51. The fourth-order valence-corrected chi connectivity index (χ4v) is 5.44. The highest BCUT2D eigenvalue weighted by Gasteiger charge is 2.31. The van der Waals surface area contributed by atoms with Gasteiger partial charge in [0, 0.05) is 24.5 Å². The number of pyridine rings is 2. The lowest BCUT2D eigenvalue weighted by molar-refractivity contribution is 0.466. The van der Waals surface area contributed by atoms with Crippen molar-refractivity contribution in [3.8, 4) is 17.3 Å². The maximum Gasteiger partial charge on any atom is 0.184 e. The lowest BCUT2D eigenvalue weighted by atomic mass is 10.1. The van der Waals surface area contributed by atoms with Crippen molar-refractivity contribution in [3.63, 3.8) is 0 Å². The fraction of sp³-hybridized carbons (Fsp3) is 0.238. The largest absolute Gasteiger partial charge is 0.504 e. The summed E-state index contributed by atoms with van der Waals surface area (Å²) in [5.41, 5.74) is 1.24. The molecule has 0 bridgehead atoms. The van der Waals surface area contributed by atoms with Gasteiger partial charge in [0.15, 0.2) is 23.1 Å². The van der Waals surface area contributed by atoms with Crippen molar-refractivity contribution in [2.75, 3.05) is 16.6 Å². The molecule has 1 aromatic carbocycles. The van der Waals surface area contributed by atoms with Gasteiger partial charge in [-0.1, -0.05) is 12.1 Å². The highest BCUT2D eigenvalue weighted by molar-refractivity contribution is 8.25. The Balaban J connectivity index is 1.58. The Labute approximate surface area is 184 Å². The number of nitrogens with one attached hydrogen (secondary N) is 1. The molecule has 0 spiro atoms. The van der Waals surface area contributed by atoms with Crippen molar-refractivity contribution in [1.82, 2.24) is 25.1 Å². The van der Waals surface area contributed by atoms with Crippen molar-refractivity contribution < 1.29 is 18.6 Å². The molecule has 1 aliphatic rings. The molecule has 166 valence electrons. The third kappa shape index (κ3) is 3.74. The molecule has 1 saturated heterocycles. The summed E-state index contributed by atoms with van der Waals surface area (Å²) in [4.78, 5) is 11.9. The van der Waals surface area contributed by atoms with E-state index in [4.69, 9.17) is 0 Å². The molecule has 0 aliphatic carbocycles. The van der Waals surface area contributed by atoms with Crippen molar-refractivity contribution in [2.45, 2.75) is 19.3 Å². The Hall–Kier alpha value is -3.28. The van der Waals surface area contributed by atoms with Crippen molar-refractivity contribution >= 4 is 27.5 Å². The van der Waals surface area contributed by atoms with Gasteiger partial charge in [-0.25, -0.2) is 9.37 Å². The number of aromatic nitrogens is 5. The lowest BCUT2D eigenvalue weighted by Crippen LogP contribution is -2.35. The van der Waals surface area contributed by atoms with E-state index >= 15 is 0 Å². The number of aromatic amines is 1. The molecule has 1 fully saturated rings. The zero-order valence-corrected chi connectivity index (χ0v) is 17.8. The molecule has 0 amide bonds. The Kier molecular flexibility index (Phi) is 5.16. The first kappa shape index (κ1) is 20.6. The van der Waals surface area contributed by atoms with Crippen LogP contribution in [0.25, 0.3) is 22.4 Å². The number of halogens is 1. The monoisotopic (exact) mass is 456 g/mol. The summed E-state index contributed by atoms with van der Waals surface area (Å²) >= 11 is 0. The predicted octanol–water partition coefficient (Wildman–Crippen LogP) is 4.12. The quantitative estimate of drug-likeness (QED) is 0.361.